The summed E-state index contributed by atoms with van der Waals surface area (Å²) in [5, 5.41) is 20.1. The highest BCUT2D eigenvalue weighted by atomic mass is 16.7. The van der Waals surface area contributed by atoms with Gasteiger partial charge in [0, 0.05) is 18.3 Å². The van der Waals surface area contributed by atoms with Crippen molar-refractivity contribution >= 4 is 0 Å². The van der Waals surface area contributed by atoms with Gasteiger partial charge in [0.2, 0.25) is 0 Å². The fourth-order valence-corrected chi connectivity index (χ4v) is 3.91. The molecule has 1 heterocycles. The van der Waals surface area contributed by atoms with Crippen molar-refractivity contribution < 1.29 is 19.7 Å². The minimum Gasteiger partial charge on any atom is -0.392 e. The predicted octanol–water partition coefficient (Wildman–Crippen LogP) is 1.46. The van der Waals surface area contributed by atoms with Crippen molar-refractivity contribution in [1.82, 2.24) is 0 Å². The van der Waals surface area contributed by atoms with Gasteiger partial charge < -0.3 is 19.7 Å². The van der Waals surface area contributed by atoms with Crippen LogP contribution < -0.4 is 0 Å². The van der Waals surface area contributed by atoms with E-state index in [2.05, 4.69) is 6.92 Å². The van der Waals surface area contributed by atoms with Gasteiger partial charge in [-0.3, -0.25) is 0 Å². The second-order valence-corrected chi connectivity index (χ2v) is 6.11. The second kappa shape index (κ2) is 5.17. The van der Waals surface area contributed by atoms with Crippen molar-refractivity contribution in [2.24, 2.45) is 17.8 Å². The first-order valence-corrected chi connectivity index (χ1v) is 7.48. The minimum atomic E-state index is -0.393. The van der Waals surface area contributed by atoms with Crippen LogP contribution in [0.3, 0.4) is 0 Å². The molecule has 4 nitrogen and oxygen atoms in total. The molecule has 3 aliphatic rings. The summed E-state index contributed by atoms with van der Waals surface area (Å²) in [6.45, 7) is 3.41. The van der Waals surface area contributed by atoms with E-state index < -0.39 is 5.79 Å². The van der Waals surface area contributed by atoms with Crippen LogP contribution in [0.4, 0.5) is 0 Å². The summed E-state index contributed by atoms with van der Waals surface area (Å²) in [6, 6.07) is 0. The molecule has 4 heteroatoms. The van der Waals surface area contributed by atoms with E-state index in [1.807, 2.05) is 12.2 Å². The van der Waals surface area contributed by atoms with E-state index in [1.54, 1.807) is 0 Å². The lowest BCUT2D eigenvalue weighted by Crippen LogP contribution is -2.54. The molecule has 1 saturated heterocycles. The molecule has 2 N–H and O–H groups in total. The number of aliphatic hydroxyl groups excluding tert-OH is 2. The fourth-order valence-electron chi connectivity index (χ4n) is 3.91. The number of rotatable bonds is 4. The molecule has 5 atom stereocenters. The van der Waals surface area contributed by atoms with Gasteiger partial charge in [-0.1, -0.05) is 25.5 Å². The van der Waals surface area contributed by atoms with Crippen LogP contribution in [0.1, 0.15) is 32.6 Å². The summed E-state index contributed by atoms with van der Waals surface area (Å²) in [7, 11) is 0. The van der Waals surface area contributed by atoms with Crippen LogP contribution in [-0.4, -0.2) is 41.4 Å². The zero-order valence-corrected chi connectivity index (χ0v) is 11.5. The highest BCUT2D eigenvalue weighted by Gasteiger charge is 2.64. The van der Waals surface area contributed by atoms with E-state index in [0.29, 0.717) is 25.0 Å². The van der Waals surface area contributed by atoms with E-state index in [4.69, 9.17) is 9.47 Å². The minimum absolute atomic E-state index is 0.133. The molecule has 0 aromatic rings. The Morgan fingerprint density at radius 2 is 2.11 bits per heavy atom. The molecule has 0 aromatic heterocycles. The average Bonchev–Trinajstić information content (AvgIpc) is 2.94. The van der Waals surface area contributed by atoms with E-state index >= 15 is 0 Å². The van der Waals surface area contributed by atoms with Crippen LogP contribution in [-0.2, 0) is 9.47 Å². The molecule has 1 aliphatic heterocycles. The predicted molar refractivity (Wildman–Crippen MR) is 70.4 cm³/mol. The molecule has 3 unspecified atom stereocenters. The Kier molecular flexibility index (Phi) is 3.69. The number of hydrogen-bond donors (Lipinski definition) is 2. The van der Waals surface area contributed by atoms with Crippen LogP contribution in [0.15, 0.2) is 12.2 Å². The molecule has 0 amide bonds. The molecule has 0 aromatic carbocycles. The first kappa shape index (κ1) is 13.6. The first-order chi connectivity index (χ1) is 9.16. The van der Waals surface area contributed by atoms with Gasteiger partial charge in [0.25, 0.3) is 0 Å². The maximum atomic E-state index is 10.3. The highest BCUT2D eigenvalue weighted by molar-refractivity contribution is 5.13. The zero-order valence-electron chi connectivity index (χ0n) is 11.5. The van der Waals surface area contributed by atoms with Crippen LogP contribution in [0.2, 0.25) is 0 Å². The standard InChI is InChI=1S/C15H24O4/c1-2-3-11(16)5-4-10-8-13-12(14(10)17)9-15(13)18-6-7-19-15/h4-5,10-14,16-17H,2-3,6-9H2,1H3/t10?,11?,12-,13+,14?/m1/s1. The van der Waals surface area contributed by atoms with Crippen molar-refractivity contribution in [3.05, 3.63) is 12.2 Å². The summed E-state index contributed by atoms with van der Waals surface area (Å²) in [4.78, 5) is 0. The smallest absolute Gasteiger partial charge is 0.172 e. The number of fused-ring (bicyclic) bond motifs is 2. The van der Waals surface area contributed by atoms with Crippen molar-refractivity contribution in [3.63, 3.8) is 0 Å². The van der Waals surface area contributed by atoms with Gasteiger partial charge in [-0.25, -0.2) is 0 Å². The Balaban J connectivity index is 1.60. The van der Waals surface area contributed by atoms with Gasteiger partial charge in [-0.15, -0.1) is 0 Å². The Morgan fingerprint density at radius 3 is 2.79 bits per heavy atom. The largest absolute Gasteiger partial charge is 0.392 e. The molecule has 0 bridgehead atoms. The first-order valence-electron chi connectivity index (χ1n) is 7.48. The van der Waals surface area contributed by atoms with Gasteiger partial charge in [0.1, 0.15) is 0 Å². The Hall–Kier alpha value is -0.420. The number of ether oxygens (including phenoxy) is 2. The summed E-state index contributed by atoms with van der Waals surface area (Å²) in [5.74, 6) is 0.365. The molecule has 1 spiro atoms. The quantitative estimate of drug-likeness (QED) is 0.758. The van der Waals surface area contributed by atoms with E-state index in [-0.39, 0.29) is 18.1 Å². The van der Waals surface area contributed by atoms with E-state index in [9.17, 15) is 10.2 Å². The molecule has 2 aliphatic carbocycles. The molecule has 108 valence electrons. The summed E-state index contributed by atoms with van der Waals surface area (Å²) < 4.78 is 11.5. The van der Waals surface area contributed by atoms with Crippen LogP contribution in [0.5, 0.6) is 0 Å². The monoisotopic (exact) mass is 268 g/mol. The Labute approximate surface area is 114 Å². The molecule has 2 saturated carbocycles. The number of hydrogen-bond acceptors (Lipinski definition) is 4. The fraction of sp³-hybridized carbons (Fsp3) is 0.867. The van der Waals surface area contributed by atoms with E-state index in [0.717, 1.165) is 25.7 Å². The summed E-state index contributed by atoms with van der Waals surface area (Å²) in [6.07, 6.45) is 6.60. The molecular formula is C15H24O4. The lowest BCUT2D eigenvalue weighted by molar-refractivity contribution is -0.275. The van der Waals surface area contributed by atoms with Gasteiger partial charge in [0.15, 0.2) is 5.79 Å². The van der Waals surface area contributed by atoms with Crippen molar-refractivity contribution in [2.45, 2.75) is 50.6 Å². The average molecular weight is 268 g/mol. The normalized spacial score (nSPS) is 41.6. The molecule has 3 rings (SSSR count). The van der Waals surface area contributed by atoms with Gasteiger partial charge >= 0.3 is 0 Å². The van der Waals surface area contributed by atoms with Crippen LogP contribution in [0.25, 0.3) is 0 Å². The van der Waals surface area contributed by atoms with Crippen molar-refractivity contribution in [1.29, 1.82) is 0 Å². The maximum Gasteiger partial charge on any atom is 0.172 e. The highest BCUT2D eigenvalue weighted by Crippen LogP contribution is 2.59. The molecule has 19 heavy (non-hydrogen) atoms. The van der Waals surface area contributed by atoms with Gasteiger partial charge in [-0.2, -0.15) is 0 Å². The van der Waals surface area contributed by atoms with Crippen molar-refractivity contribution in [3.8, 4) is 0 Å². The van der Waals surface area contributed by atoms with E-state index in [1.165, 1.54) is 0 Å². The van der Waals surface area contributed by atoms with Gasteiger partial charge in [0.05, 0.1) is 25.4 Å². The van der Waals surface area contributed by atoms with Crippen LogP contribution >= 0.6 is 0 Å². The third-order valence-electron chi connectivity index (χ3n) is 4.95. The summed E-state index contributed by atoms with van der Waals surface area (Å²) >= 11 is 0. The SMILES string of the molecule is CCCC(O)C=CC1C[C@H]2[C@@H](CC23OCCO3)C1O. The zero-order chi connectivity index (χ0) is 13.5. The Morgan fingerprint density at radius 1 is 1.37 bits per heavy atom. The molecule has 3 fully saturated rings. The number of aliphatic hydroxyl groups is 2. The topological polar surface area (TPSA) is 58.9 Å². The maximum absolute atomic E-state index is 10.3. The molecule has 0 radical (unpaired) electrons. The lowest BCUT2D eigenvalue weighted by atomic mass is 9.69. The molecular weight excluding hydrogens is 244 g/mol. The second-order valence-electron chi connectivity index (χ2n) is 6.11. The third-order valence-corrected chi connectivity index (χ3v) is 4.95. The summed E-state index contributed by atoms with van der Waals surface area (Å²) in [5.41, 5.74) is 0. The third kappa shape index (κ3) is 2.25. The Bertz CT molecular complexity index is 348. The van der Waals surface area contributed by atoms with Crippen LogP contribution in [0, 0.1) is 17.8 Å². The lowest BCUT2D eigenvalue weighted by Gasteiger charge is -2.48. The van der Waals surface area contributed by atoms with Crippen molar-refractivity contribution in [2.75, 3.05) is 13.2 Å². The van der Waals surface area contributed by atoms with Gasteiger partial charge in [-0.05, 0) is 18.8 Å².